The highest BCUT2D eigenvalue weighted by atomic mass is 16.2. The maximum Gasteiger partial charge on any atom is 0.245 e. The van der Waals surface area contributed by atoms with Gasteiger partial charge in [0, 0.05) is 42.9 Å². The molecule has 1 N–H and O–H groups in total. The Kier molecular flexibility index (Phi) is 6.24. The van der Waals surface area contributed by atoms with Gasteiger partial charge in [-0.2, -0.15) is 5.10 Å². The third-order valence-electron chi connectivity index (χ3n) is 8.26. The molecule has 3 heterocycles. The van der Waals surface area contributed by atoms with E-state index in [1.807, 2.05) is 56.3 Å². The SMILES string of the molecule is CC(=O)c1nn(CC(=O)N2[C@H](C(=O)NCc3cccc(C)c3)C[C@@]3(C)C[C@@H]23)c2ccc(-c3cnc(C)nc3)cc12. The minimum absolute atomic E-state index is 0.0389. The molecule has 1 saturated carbocycles. The first-order valence-electron chi connectivity index (χ1n) is 13.6. The van der Waals surface area contributed by atoms with Gasteiger partial charge in [0.15, 0.2) is 5.78 Å². The van der Waals surface area contributed by atoms with Crippen molar-refractivity contribution in [3.8, 4) is 11.1 Å². The van der Waals surface area contributed by atoms with Gasteiger partial charge in [0.2, 0.25) is 11.8 Å². The number of carbonyl (C=O) groups is 3. The number of fused-ring (bicyclic) bond motifs is 2. The normalized spacial score (nSPS) is 21.4. The topological polar surface area (TPSA) is 110 Å². The number of likely N-dealkylation sites (tertiary alicyclic amines) is 1. The molecule has 1 saturated heterocycles. The van der Waals surface area contributed by atoms with Crippen LogP contribution in [0.25, 0.3) is 22.0 Å². The van der Waals surface area contributed by atoms with Crippen molar-refractivity contribution in [1.82, 2.24) is 30.0 Å². The third-order valence-corrected chi connectivity index (χ3v) is 8.26. The number of Topliss-reactive ketones (excluding diaryl/α,β-unsaturated/α-hetero) is 1. The highest BCUT2D eigenvalue weighted by Gasteiger charge is 2.64. The summed E-state index contributed by atoms with van der Waals surface area (Å²) < 4.78 is 1.59. The maximum atomic E-state index is 13.8. The minimum Gasteiger partial charge on any atom is -0.350 e. The zero-order chi connectivity index (χ0) is 28.2. The monoisotopic (exact) mass is 536 g/mol. The number of nitrogens with zero attached hydrogens (tertiary/aromatic N) is 5. The van der Waals surface area contributed by atoms with Gasteiger partial charge in [-0.3, -0.25) is 19.1 Å². The highest BCUT2D eigenvalue weighted by Crippen LogP contribution is 2.59. The second-order valence-electron chi connectivity index (χ2n) is 11.4. The molecule has 40 heavy (non-hydrogen) atoms. The van der Waals surface area contributed by atoms with Gasteiger partial charge >= 0.3 is 0 Å². The average Bonchev–Trinajstić information content (AvgIpc) is 3.29. The lowest BCUT2D eigenvalue weighted by atomic mass is 10.0. The molecule has 2 fully saturated rings. The molecule has 9 nitrogen and oxygen atoms in total. The first kappa shape index (κ1) is 25.9. The van der Waals surface area contributed by atoms with Crippen LogP contribution in [-0.2, 0) is 22.7 Å². The van der Waals surface area contributed by atoms with Gasteiger partial charge < -0.3 is 10.2 Å². The third kappa shape index (κ3) is 4.65. The Morgan fingerprint density at radius 3 is 2.52 bits per heavy atom. The minimum atomic E-state index is -0.525. The zero-order valence-electron chi connectivity index (χ0n) is 23.1. The lowest BCUT2D eigenvalue weighted by Crippen LogP contribution is -2.48. The Labute approximate surface area is 232 Å². The van der Waals surface area contributed by atoms with Crippen LogP contribution in [0.2, 0.25) is 0 Å². The summed E-state index contributed by atoms with van der Waals surface area (Å²) in [5, 5.41) is 8.26. The lowest BCUT2D eigenvalue weighted by molar-refractivity contribution is -0.140. The number of hydrogen-bond donors (Lipinski definition) is 1. The molecular formula is C31H32N6O3. The van der Waals surface area contributed by atoms with E-state index < -0.39 is 6.04 Å². The first-order valence-corrected chi connectivity index (χ1v) is 13.6. The molecule has 4 aromatic rings. The molecule has 1 aliphatic carbocycles. The van der Waals surface area contributed by atoms with Gasteiger partial charge in [-0.1, -0.05) is 42.8 Å². The fourth-order valence-electron chi connectivity index (χ4n) is 5.98. The summed E-state index contributed by atoms with van der Waals surface area (Å²) in [6, 6.07) is 13.2. The fraction of sp³-hybridized carbons (Fsp3) is 0.355. The van der Waals surface area contributed by atoms with E-state index in [4.69, 9.17) is 0 Å². The molecular weight excluding hydrogens is 504 g/mol. The Hall–Kier alpha value is -4.40. The second kappa shape index (κ2) is 9.66. The van der Waals surface area contributed by atoms with E-state index in [0.29, 0.717) is 35.4 Å². The van der Waals surface area contributed by atoms with Crippen molar-refractivity contribution in [3.05, 3.63) is 77.5 Å². The van der Waals surface area contributed by atoms with E-state index in [9.17, 15) is 14.4 Å². The number of ketones is 1. The standard InChI is InChI=1S/C31H32N6O3/c1-18-6-5-7-21(10-18)14-34-30(40)26-12-31(4)13-27(31)37(26)28(39)17-36-25-9-8-22(23-15-32-20(3)33-16-23)11-24(25)29(35-36)19(2)38/h5-11,15-16,26-27H,12-14,17H2,1-4H3,(H,34,40)/t26-,27+,31-/m0/s1. The van der Waals surface area contributed by atoms with E-state index in [1.165, 1.54) is 6.92 Å². The Morgan fingerprint density at radius 1 is 1.02 bits per heavy atom. The van der Waals surface area contributed by atoms with Crippen molar-refractivity contribution >= 4 is 28.5 Å². The molecule has 204 valence electrons. The van der Waals surface area contributed by atoms with E-state index in [0.717, 1.165) is 28.7 Å². The summed E-state index contributed by atoms with van der Waals surface area (Å²) >= 11 is 0. The molecule has 2 aromatic carbocycles. The molecule has 2 amide bonds. The van der Waals surface area contributed by atoms with Gasteiger partial charge in [-0.05, 0) is 55.4 Å². The fourth-order valence-corrected chi connectivity index (χ4v) is 5.98. The molecule has 0 unspecified atom stereocenters. The Balaban J connectivity index is 1.25. The lowest BCUT2D eigenvalue weighted by Gasteiger charge is -2.27. The number of hydrogen-bond acceptors (Lipinski definition) is 6. The molecule has 1 aliphatic heterocycles. The summed E-state index contributed by atoms with van der Waals surface area (Å²) in [6.45, 7) is 7.82. The van der Waals surface area contributed by atoms with E-state index >= 15 is 0 Å². The quantitative estimate of drug-likeness (QED) is 0.358. The molecule has 0 spiro atoms. The zero-order valence-corrected chi connectivity index (χ0v) is 23.1. The predicted octanol–water partition coefficient (Wildman–Crippen LogP) is 4.01. The molecule has 9 heteroatoms. The van der Waals surface area contributed by atoms with Crippen molar-refractivity contribution in [2.45, 2.75) is 65.7 Å². The molecule has 0 bridgehead atoms. The molecule has 6 rings (SSSR count). The molecule has 3 atom stereocenters. The number of amides is 2. The number of nitrogens with one attached hydrogen (secondary N) is 1. The summed E-state index contributed by atoms with van der Waals surface area (Å²) in [5.74, 6) is 0.190. The number of rotatable bonds is 7. The smallest absolute Gasteiger partial charge is 0.245 e. The van der Waals surface area contributed by atoms with Crippen LogP contribution >= 0.6 is 0 Å². The number of piperidine rings is 1. The molecule has 0 radical (unpaired) electrons. The van der Waals surface area contributed by atoms with Crippen LogP contribution in [-0.4, -0.2) is 54.3 Å². The van der Waals surface area contributed by atoms with Gasteiger partial charge in [0.25, 0.3) is 0 Å². The van der Waals surface area contributed by atoms with Crippen molar-refractivity contribution < 1.29 is 14.4 Å². The average molecular weight is 537 g/mol. The predicted molar refractivity (Wildman–Crippen MR) is 150 cm³/mol. The largest absolute Gasteiger partial charge is 0.350 e. The number of carbonyl (C=O) groups excluding carboxylic acids is 3. The summed E-state index contributed by atoms with van der Waals surface area (Å²) in [5.41, 5.74) is 4.81. The summed E-state index contributed by atoms with van der Waals surface area (Å²) in [7, 11) is 0. The van der Waals surface area contributed by atoms with Crippen molar-refractivity contribution in [1.29, 1.82) is 0 Å². The maximum absolute atomic E-state index is 13.8. The van der Waals surface area contributed by atoms with Crippen LogP contribution in [0.1, 0.15) is 54.1 Å². The van der Waals surface area contributed by atoms with Crippen LogP contribution in [0, 0.1) is 19.3 Å². The summed E-state index contributed by atoms with van der Waals surface area (Å²) in [4.78, 5) is 49.9. The van der Waals surface area contributed by atoms with Crippen molar-refractivity contribution in [2.75, 3.05) is 0 Å². The highest BCUT2D eigenvalue weighted by molar-refractivity contribution is 6.06. The van der Waals surface area contributed by atoms with Crippen LogP contribution in [0.5, 0.6) is 0 Å². The molecule has 2 aliphatic rings. The van der Waals surface area contributed by atoms with Crippen LogP contribution < -0.4 is 5.32 Å². The first-order chi connectivity index (χ1) is 19.1. The van der Waals surface area contributed by atoms with E-state index in [2.05, 4.69) is 27.3 Å². The van der Waals surface area contributed by atoms with Gasteiger partial charge in [-0.15, -0.1) is 0 Å². The number of aromatic nitrogens is 4. The van der Waals surface area contributed by atoms with Crippen LogP contribution in [0.4, 0.5) is 0 Å². The second-order valence-corrected chi connectivity index (χ2v) is 11.4. The van der Waals surface area contributed by atoms with Crippen molar-refractivity contribution in [3.63, 3.8) is 0 Å². The van der Waals surface area contributed by atoms with E-state index in [1.54, 1.807) is 22.0 Å². The Morgan fingerprint density at radius 2 is 1.80 bits per heavy atom. The van der Waals surface area contributed by atoms with E-state index in [-0.39, 0.29) is 35.6 Å². The number of aryl methyl sites for hydroxylation is 2. The van der Waals surface area contributed by atoms with Gasteiger partial charge in [0.05, 0.1) is 5.52 Å². The Bertz CT molecular complexity index is 1660. The van der Waals surface area contributed by atoms with Crippen molar-refractivity contribution in [2.24, 2.45) is 5.41 Å². The molecule has 2 aromatic heterocycles. The van der Waals surface area contributed by atoms with Crippen LogP contribution in [0.15, 0.2) is 54.9 Å². The van der Waals surface area contributed by atoms with Gasteiger partial charge in [0.1, 0.15) is 24.1 Å². The van der Waals surface area contributed by atoms with Crippen LogP contribution in [0.3, 0.4) is 0 Å². The number of benzene rings is 2. The van der Waals surface area contributed by atoms with Gasteiger partial charge in [-0.25, -0.2) is 9.97 Å². The summed E-state index contributed by atoms with van der Waals surface area (Å²) in [6.07, 6.45) is 5.02.